The van der Waals surface area contributed by atoms with Crippen LogP contribution in [0.3, 0.4) is 0 Å². The number of aromatic nitrogens is 1. The number of nitrogens with zero attached hydrogens (tertiary/aromatic N) is 1. The third-order valence-corrected chi connectivity index (χ3v) is 3.74. The van der Waals surface area contributed by atoms with Gasteiger partial charge in [-0.05, 0) is 35.9 Å². The molecule has 1 heterocycles. The van der Waals surface area contributed by atoms with Gasteiger partial charge in [-0.1, -0.05) is 26.0 Å². The molecule has 1 aromatic carbocycles. The molecule has 20 heavy (non-hydrogen) atoms. The number of fused-ring (bicyclic) bond motifs is 1. The molecule has 0 aliphatic carbocycles. The minimum Gasteiger partial charge on any atom is -0.352 e. The molecule has 0 aliphatic rings. The Kier molecular flexibility index (Phi) is 4.79. The molecular formula is C16H23N3O. The molecule has 0 aliphatic heterocycles. The molecule has 0 saturated heterocycles. The second-order valence-corrected chi connectivity index (χ2v) is 5.12. The number of carbonyl (C=O) groups excluding carboxylic acids is 1. The van der Waals surface area contributed by atoms with Crippen molar-refractivity contribution in [1.29, 1.82) is 0 Å². The van der Waals surface area contributed by atoms with E-state index < -0.39 is 0 Å². The first-order chi connectivity index (χ1) is 9.67. The molecule has 3 N–H and O–H groups in total. The maximum atomic E-state index is 12.1. The zero-order chi connectivity index (χ0) is 14.5. The quantitative estimate of drug-likeness (QED) is 0.849. The van der Waals surface area contributed by atoms with E-state index in [9.17, 15) is 4.79 Å². The minimum atomic E-state index is 0.0642. The summed E-state index contributed by atoms with van der Waals surface area (Å²) < 4.78 is 1.98. The zero-order valence-electron chi connectivity index (χ0n) is 12.2. The van der Waals surface area contributed by atoms with Crippen LogP contribution in [-0.2, 0) is 17.9 Å². The highest BCUT2D eigenvalue weighted by molar-refractivity contribution is 5.83. The van der Waals surface area contributed by atoms with Crippen LogP contribution >= 0.6 is 0 Å². The van der Waals surface area contributed by atoms with Gasteiger partial charge in [0.2, 0.25) is 5.91 Å². The Bertz CT molecular complexity index is 584. The van der Waals surface area contributed by atoms with Crippen LogP contribution < -0.4 is 11.1 Å². The molecule has 2 rings (SSSR count). The van der Waals surface area contributed by atoms with Crippen LogP contribution in [0, 0.1) is 0 Å². The predicted molar refractivity (Wildman–Crippen MR) is 82.3 cm³/mol. The predicted octanol–water partition coefficient (Wildman–Crippen LogP) is 2.40. The maximum absolute atomic E-state index is 12.1. The summed E-state index contributed by atoms with van der Waals surface area (Å²) in [7, 11) is 0. The van der Waals surface area contributed by atoms with Gasteiger partial charge in [0.05, 0.1) is 0 Å². The van der Waals surface area contributed by atoms with Crippen LogP contribution in [0.1, 0.15) is 32.3 Å². The number of rotatable bonds is 6. The Morgan fingerprint density at radius 1 is 1.30 bits per heavy atom. The van der Waals surface area contributed by atoms with Gasteiger partial charge in [-0.25, -0.2) is 0 Å². The lowest BCUT2D eigenvalue weighted by molar-refractivity contribution is -0.122. The fourth-order valence-electron chi connectivity index (χ4n) is 2.42. The number of carbonyl (C=O) groups is 1. The van der Waals surface area contributed by atoms with Crippen molar-refractivity contribution in [3.8, 4) is 0 Å². The van der Waals surface area contributed by atoms with Crippen molar-refractivity contribution in [2.75, 3.05) is 0 Å². The average molecular weight is 273 g/mol. The van der Waals surface area contributed by atoms with Gasteiger partial charge in [0.25, 0.3) is 0 Å². The van der Waals surface area contributed by atoms with Crippen molar-refractivity contribution >= 4 is 16.8 Å². The van der Waals surface area contributed by atoms with Crippen molar-refractivity contribution < 1.29 is 4.79 Å². The Balaban J connectivity index is 2.15. The van der Waals surface area contributed by atoms with E-state index >= 15 is 0 Å². The first kappa shape index (κ1) is 14.6. The van der Waals surface area contributed by atoms with Gasteiger partial charge >= 0.3 is 0 Å². The number of hydrogen-bond acceptors (Lipinski definition) is 2. The summed E-state index contributed by atoms with van der Waals surface area (Å²) in [5.41, 5.74) is 7.82. The molecule has 0 bridgehead atoms. The first-order valence-corrected chi connectivity index (χ1v) is 7.25. The van der Waals surface area contributed by atoms with Crippen LogP contribution in [0.2, 0.25) is 0 Å². The molecule has 0 saturated carbocycles. The fourth-order valence-corrected chi connectivity index (χ4v) is 2.42. The van der Waals surface area contributed by atoms with E-state index in [2.05, 4.69) is 25.2 Å². The van der Waals surface area contributed by atoms with Crippen molar-refractivity contribution in [2.45, 2.75) is 45.8 Å². The second-order valence-electron chi connectivity index (χ2n) is 5.12. The lowest BCUT2D eigenvalue weighted by atomic mass is 10.1. The van der Waals surface area contributed by atoms with Crippen molar-refractivity contribution in [3.63, 3.8) is 0 Å². The van der Waals surface area contributed by atoms with E-state index in [0.29, 0.717) is 13.1 Å². The van der Waals surface area contributed by atoms with Gasteiger partial charge in [-0.3, -0.25) is 4.79 Å². The highest BCUT2D eigenvalue weighted by Crippen LogP contribution is 2.17. The lowest BCUT2D eigenvalue weighted by Crippen LogP contribution is -2.36. The summed E-state index contributed by atoms with van der Waals surface area (Å²) in [6, 6.07) is 8.42. The number of nitrogens with one attached hydrogen (secondary N) is 1. The summed E-state index contributed by atoms with van der Waals surface area (Å²) in [6.07, 6.45) is 3.88. The van der Waals surface area contributed by atoms with Crippen LogP contribution in [-0.4, -0.2) is 16.5 Å². The fraction of sp³-hybridized carbons (Fsp3) is 0.438. The van der Waals surface area contributed by atoms with Crippen molar-refractivity contribution in [1.82, 2.24) is 9.88 Å². The molecule has 0 radical (unpaired) electrons. The van der Waals surface area contributed by atoms with Gasteiger partial charge in [0, 0.05) is 24.3 Å². The largest absolute Gasteiger partial charge is 0.352 e. The van der Waals surface area contributed by atoms with Crippen molar-refractivity contribution in [2.24, 2.45) is 5.73 Å². The molecule has 0 unspecified atom stereocenters. The SMILES string of the molecule is CCC(CC)NC(=O)Cn1ccc2ccc(CN)cc21. The molecule has 0 spiro atoms. The third-order valence-electron chi connectivity index (χ3n) is 3.74. The van der Waals surface area contributed by atoms with Gasteiger partial charge < -0.3 is 15.6 Å². The summed E-state index contributed by atoms with van der Waals surface area (Å²) in [5.74, 6) is 0.0642. The van der Waals surface area contributed by atoms with Crippen LogP contribution in [0.5, 0.6) is 0 Å². The Morgan fingerprint density at radius 2 is 2.05 bits per heavy atom. The summed E-state index contributed by atoms with van der Waals surface area (Å²) in [5, 5.41) is 4.20. The zero-order valence-corrected chi connectivity index (χ0v) is 12.2. The Morgan fingerprint density at radius 3 is 2.70 bits per heavy atom. The molecule has 0 atom stereocenters. The van der Waals surface area contributed by atoms with E-state index in [1.807, 2.05) is 29.0 Å². The van der Waals surface area contributed by atoms with E-state index in [-0.39, 0.29) is 11.9 Å². The van der Waals surface area contributed by atoms with E-state index in [4.69, 9.17) is 5.73 Å². The molecule has 108 valence electrons. The number of nitrogens with two attached hydrogens (primary N) is 1. The topological polar surface area (TPSA) is 60.0 Å². The summed E-state index contributed by atoms with van der Waals surface area (Å²) in [4.78, 5) is 12.1. The first-order valence-electron chi connectivity index (χ1n) is 7.25. The maximum Gasteiger partial charge on any atom is 0.240 e. The smallest absolute Gasteiger partial charge is 0.240 e. The van der Waals surface area contributed by atoms with Crippen LogP contribution in [0.25, 0.3) is 10.9 Å². The summed E-state index contributed by atoms with van der Waals surface area (Å²) in [6.45, 7) is 5.05. The van der Waals surface area contributed by atoms with E-state index in [1.54, 1.807) is 0 Å². The van der Waals surface area contributed by atoms with E-state index in [0.717, 1.165) is 29.3 Å². The highest BCUT2D eigenvalue weighted by Gasteiger charge is 2.10. The lowest BCUT2D eigenvalue weighted by Gasteiger charge is -2.15. The van der Waals surface area contributed by atoms with Crippen LogP contribution in [0.15, 0.2) is 30.5 Å². The van der Waals surface area contributed by atoms with Gasteiger partial charge in [0.1, 0.15) is 6.54 Å². The average Bonchev–Trinajstić information content (AvgIpc) is 2.86. The molecule has 4 heteroatoms. The second kappa shape index (κ2) is 6.57. The molecule has 4 nitrogen and oxygen atoms in total. The van der Waals surface area contributed by atoms with Crippen molar-refractivity contribution in [3.05, 3.63) is 36.0 Å². The highest BCUT2D eigenvalue weighted by atomic mass is 16.2. The molecule has 0 fully saturated rings. The van der Waals surface area contributed by atoms with E-state index in [1.165, 1.54) is 0 Å². The number of hydrogen-bond donors (Lipinski definition) is 2. The van der Waals surface area contributed by atoms with Gasteiger partial charge in [0.15, 0.2) is 0 Å². The monoisotopic (exact) mass is 273 g/mol. The molecule has 2 aromatic rings. The standard InChI is InChI=1S/C16H23N3O/c1-3-14(4-2)18-16(20)11-19-8-7-13-6-5-12(10-17)9-15(13)19/h5-9,14H,3-4,10-11,17H2,1-2H3,(H,18,20). The normalized spacial score (nSPS) is 11.2. The van der Waals surface area contributed by atoms with Gasteiger partial charge in [-0.15, -0.1) is 0 Å². The molecular weight excluding hydrogens is 250 g/mol. The Labute approximate surface area is 120 Å². The molecule has 1 amide bonds. The third kappa shape index (κ3) is 3.20. The molecule has 1 aromatic heterocycles. The number of benzene rings is 1. The number of amides is 1. The minimum absolute atomic E-state index is 0.0642. The van der Waals surface area contributed by atoms with Gasteiger partial charge in [-0.2, -0.15) is 0 Å². The summed E-state index contributed by atoms with van der Waals surface area (Å²) >= 11 is 0. The van der Waals surface area contributed by atoms with Crippen LogP contribution in [0.4, 0.5) is 0 Å². The Hall–Kier alpha value is -1.81.